The van der Waals surface area contributed by atoms with Gasteiger partial charge < -0.3 is 14.7 Å². The summed E-state index contributed by atoms with van der Waals surface area (Å²) in [6.45, 7) is 5.87. The summed E-state index contributed by atoms with van der Waals surface area (Å²) in [5.41, 5.74) is -1.51. The van der Waals surface area contributed by atoms with Gasteiger partial charge in [-0.25, -0.2) is 4.79 Å². The molecule has 6 nitrogen and oxygen atoms in total. The van der Waals surface area contributed by atoms with E-state index in [-0.39, 0.29) is 12.3 Å². The third kappa shape index (κ3) is 3.42. The Morgan fingerprint density at radius 3 is 2.32 bits per heavy atom. The first kappa shape index (κ1) is 16.8. The topological polar surface area (TPSA) is 83.9 Å². The molecule has 124 valence electrons. The predicted molar refractivity (Wildman–Crippen MR) is 79.1 cm³/mol. The van der Waals surface area contributed by atoms with Crippen LogP contribution >= 0.6 is 0 Å². The number of ether oxygens (including phenoxy) is 1. The summed E-state index contributed by atoms with van der Waals surface area (Å²) >= 11 is 0. The largest absolute Gasteiger partial charge is 0.481 e. The van der Waals surface area contributed by atoms with Gasteiger partial charge in [-0.05, 0) is 46.5 Å². The first-order chi connectivity index (χ1) is 10.1. The highest BCUT2D eigenvalue weighted by molar-refractivity contribution is 5.89. The zero-order chi connectivity index (χ0) is 16.5. The van der Waals surface area contributed by atoms with Crippen LogP contribution in [0.2, 0.25) is 0 Å². The molecule has 0 radical (unpaired) electrons. The SMILES string of the molecule is CC(C)(C)OC(=O)[C@H]1CCCN1C(=O)CC1(C(=O)O)CCC1. The number of nitrogens with zero attached hydrogens (tertiary/aromatic N) is 1. The molecule has 1 amide bonds. The van der Waals surface area contributed by atoms with Crippen LogP contribution in [0.15, 0.2) is 0 Å². The number of carbonyl (C=O) groups is 3. The number of amides is 1. The smallest absolute Gasteiger partial charge is 0.329 e. The fourth-order valence-corrected chi connectivity index (χ4v) is 3.14. The van der Waals surface area contributed by atoms with E-state index in [2.05, 4.69) is 0 Å². The molecule has 0 aromatic heterocycles. The van der Waals surface area contributed by atoms with E-state index in [1.54, 1.807) is 20.8 Å². The van der Waals surface area contributed by atoms with Gasteiger partial charge in [-0.15, -0.1) is 0 Å². The molecular formula is C16H25NO5. The lowest BCUT2D eigenvalue weighted by atomic mass is 9.66. The number of aliphatic carboxylic acids is 1. The quantitative estimate of drug-likeness (QED) is 0.802. The summed E-state index contributed by atoms with van der Waals surface area (Å²) in [5.74, 6) is -1.54. The Morgan fingerprint density at radius 2 is 1.86 bits per heavy atom. The van der Waals surface area contributed by atoms with Gasteiger partial charge in [0, 0.05) is 13.0 Å². The number of carboxylic acid groups (broad SMARTS) is 1. The lowest BCUT2D eigenvalue weighted by Crippen LogP contribution is -2.48. The van der Waals surface area contributed by atoms with Crippen LogP contribution in [0.3, 0.4) is 0 Å². The molecule has 1 aliphatic carbocycles. The molecule has 6 heteroatoms. The minimum absolute atomic E-state index is 0.0123. The Hall–Kier alpha value is -1.59. The third-order valence-electron chi connectivity index (χ3n) is 4.51. The van der Waals surface area contributed by atoms with Crippen molar-refractivity contribution >= 4 is 17.8 Å². The lowest BCUT2D eigenvalue weighted by molar-refractivity contribution is -0.165. The average molecular weight is 311 g/mol. The van der Waals surface area contributed by atoms with Gasteiger partial charge in [0.2, 0.25) is 5.91 Å². The Labute approximate surface area is 130 Å². The summed E-state index contributed by atoms with van der Waals surface area (Å²) < 4.78 is 5.37. The Kier molecular flexibility index (Phi) is 4.49. The zero-order valence-corrected chi connectivity index (χ0v) is 13.6. The fraction of sp³-hybridized carbons (Fsp3) is 0.812. The Morgan fingerprint density at radius 1 is 1.23 bits per heavy atom. The van der Waals surface area contributed by atoms with Gasteiger partial charge in [0.25, 0.3) is 0 Å². The van der Waals surface area contributed by atoms with Gasteiger partial charge in [-0.3, -0.25) is 9.59 Å². The van der Waals surface area contributed by atoms with E-state index in [9.17, 15) is 19.5 Å². The van der Waals surface area contributed by atoms with Gasteiger partial charge in [-0.2, -0.15) is 0 Å². The maximum Gasteiger partial charge on any atom is 0.329 e. The summed E-state index contributed by atoms with van der Waals surface area (Å²) in [6.07, 6.45) is 3.24. The van der Waals surface area contributed by atoms with Crippen LogP contribution in [0.4, 0.5) is 0 Å². The van der Waals surface area contributed by atoms with E-state index >= 15 is 0 Å². The molecule has 1 saturated carbocycles. The molecule has 1 heterocycles. The molecule has 2 aliphatic rings. The maximum absolute atomic E-state index is 12.5. The lowest BCUT2D eigenvalue weighted by Gasteiger charge is -2.38. The van der Waals surface area contributed by atoms with Crippen molar-refractivity contribution in [2.45, 2.75) is 70.9 Å². The highest BCUT2D eigenvalue weighted by atomic mass is 16.6. The molecule has 1 saturated heterocycles. The van der Waals surface area contributed by atoms with Crippen LogP contribution in [0.5, 0.6) is 0 Å². The summed E-state index contributed by atoms with van der Waals surface area (Å²) in [5, 5.41) is 9.34. The predicted octanol–water partition coefficient (Wildman–Crippen LogP) is 1.96. The van der Waals surface area contributed by atoms with Crippen LogP contribution in [0.25, 0.3) is 0 Å². The molecule has 1 atom stereocenters. The second-order valence-electron chi connectivity index (χ2n) is 7.39. The van der Waals surface area contributed by atoms with E-state index in [4.69, 9.17) is 4.74 Å². The maximum atomic E-state index is 12.5. The summed E-state index contributed by atoms with van der Waals surface area (Å²) in [7, 11) is 0. The van der Waals surface area contributed by atoms with Gasteiger partial charge in [0.1, 0.15) is 11.6 Å². The molecule has 0 bridgehead atoms. The minimum Gasteiger partial charge on any atom is -0.481 e. The summed E-state index contributed by atoms with van der Waals surface area (Å²) in [4.78, 5) is 37.6. The van der Waals surface area contributed by atoms with E-state index < -0.39 is 29.0 Å². The van der Waals surface area contributed by atoms with E-state index in [0.29, 0.717) is 25.8 Å². The van der Waals surface area contributed by atoms with Crippen LogP contribution in [-0.2, 0) is 19.1 Å². The molecule has 0 aromatic rings. The van der Waals surface area contributed by atoms with Crippen molar-refractivity contribution in [3.05, 3.63) is 0 Å². The molecule has 22 heavy (non-hydrogen) atoms. The highest BCUT2D eigenvalue weighted by Gasteiger charge is 2.48. The summed E-state index contributed by atoms with van der Waals surface area (Å²) in [6, 6.07) is -0.572. The molecule has 0 spiro atoms. The highest BCUT2D eigenvalue weighted by Crippen LogP contribution is 2.45. The van der Waals surface area contributed by atoms with Crippen molar-refractivity contribution in [1.29, 1.82) is 0 Å². The normalized spacial score (nSPS) is 23.8. The van der Waals surface area contributed by atoms with Gasteiger partial charge in [0.15, 0.2) is 0 Å². The second kappa shape index (κ2) is 5.89. The number of likely N-dealkylation sites (tertiary alicyclic amines) is 1. The molecule has 0 unspecified atom stereocenters. The van der Waals surface area contributed by atoms with Gasteiger partial charge in [-0.1, -0.05) is 6.42 Å². The monoisotopic (exact) mass is 311 g/mol. The van der Waals surface area contributed by atoms with E-state index in [1.165, 1.54) is 4.90 Å². The standard InChI is InChI=1S/C16H25NO5/c1-15(2,3)22-13(19)11-6-4-9-17(11)12(18)10-16(14(20)21)7-5-8-16/h11H,4-10H2,1-3H3,(H,20,21)/t11-/m1/s1. The number of rotatable bonds is 4. The molecule has 1 N–H and O–H groups in total. The fourth-order valence-electron chi connectivity index (χ4n) is 3.14. The average Bonchev–Trinajstić information content (AvgIpc) is 2.79. The Bertz CT molecular complexity index is 475. The van der Waals surface area contributed by atoms with E-state index in [0.717, 1.165) is 12.8 Å². The van der Waals surface area contributed by atoms with Crippen molar-refractivity contribution in [1.82, 2.24) is 4.90 Å². The number of carboxylic acids is 1. The van der Waals surface area contributed by atoms with E-state index in [1.807, 2.05) is 0 Å². The molecule has 0 aromatic carbocycles. The van der Waals surface area contributed by atoms with Crippen LogP contribution in [0.1, 0.15) is 59.3 Å². The van der Waals surface area contributed by atoms with Crippen LogP contribution < -0.4 is 0 Å². The van der Waals surface area contributed by atoms with Crippen molar-refractivity contribution in [2.24, 2.45) is 5.41 Å². The minimum atomic E-state index is -0.918. The second-order valence-corrected chi connectivity index (χ2v) is 7.39. The number of esters is 1. The van der Waals surface area contributed by atoms with Crippen molar-refractivity contribution in [2.75, 3.05) is 6.54 Å². The zero-order valence-electron chi connectivity index (χ0n) is 13.6. The number of carbonyl (C=O) groups excluding carboxylic acids is 2. The first-order valence-corrected chi connectivity index (χ1v) is 7.90. The van der Waals surface area contributed by atoms with Crippen LogP contribution in [0, 0.1) is 5.41 Å². The number of hydrogen-bond donors (Lipinski definition) is 1. The number of hydrogen-bond acceptors (Lipinski definition) is 4. The molecule has 2 fully saturated rings. The molecule has 1 aliphatic heterocycles. The van der Waals surface area contributed by atoms with Crippen molar-refractivity contribution in [3.63, 3.8) is 0 Å². The molecule has 2 rings (SSSR count). The third-order valence-corrected chi connectivity index (χ3v) is 4.51. The first-order valence-electron chi connectivity index (χ1n) is 7.90. The van der Waals surface area contributed by atoms with Crippen molar-refractivity contribution in [3.8, 4) is 0 Å². The van der Waals surface area contributed by atoms with Crippen LogP contribution in [-0.4, -0.2) is 46.0 Å². The van der Waals surface area contributed by atoms with Gasteiger partial charge in [0.05, 0.1) is 5.41 Å². The van der Waals surface area contributed by atoms with Crippen molar-refractivity contribution < 1.29 is 24.2 Å². The molecular weight excluding hydrogens is 286 g/mol. The van der Waals surface area contributed by atoms with Gasteiger partial charge >= 0.3 is 11.9 Å². The Balaban J connectivity index is 2.02.